The van der Waals surface area contributed by atoms with E-state index < -0.39 is 54.7 Å². The number of anilines is 1. The van der Waals surface area contributed by atoms with Crippen LogP contribution in [0.1, 0.15) is 31.3 Å². The van der Waals surface area contributed by atoms with Crippen LogP contribution in [0.15, 0.2) is 53.5 Å². The van der Waals surface area contributed by atoms with Gasteiger partial charge in [0.25, 0.3) is 5.56 Å². The molecular formula is C27H27F2N3O8S2. The number of carbonyl (C=O) groups excluding carboxylic acids is 1. The van der Waals surface area contributed by atoms with Gasteiger partial charge >= 0.3 is 5.97 Å². The maximum absolute atomic E-state index is 14.6. The van der Waals surface area contributed by atoms with Gasteiger partial charge < -0.3 is 19.0 Å². The first-order valence-electron chi connectivity index (χ1n) is 12.7. The fourth-order valence-corrected chi connectivity index (χ4v) is 7.56. The molecule has 0 saturated carbocycles. The highest BCUT2D eigenvalue weighted by Crippen LogP contribution is 2.41. The zero-order chi connectivity index (χ0) is 31.0. The van der Waals surface area contributed by atoms with Crippen LogP contribution in [-0.4, -0.2) is 50.5 Å². The number of rotatable bonds is 10. The molecule has 2 aromatic heterocycles. The quantitative estimate of drug-likeness (QED) is 0.258. The van der Waals surface area contributed by atoms with E-state index in [4.69, 9.17) is 9.47 Å². The molecule has 0 saturated heterocycles. The Bertz CT molecular complexity index is 1940. The molecule has 4 rings (SSSR count). The Morgan fingerprint density at radius 1 is 0.929 bits per heavy atom. The zero-order valence-corrected chi connectivity index (χ0v) is 24.6. The van der Waals surface area contributed by atoms with Gasteiger partial charge in [0.05, 0.1) is 23.8 Å². The highest BCUT2D eigenvalue weighted by atomic mass is 32.3. The predicted molar refractivity (Wildman–Crippen MR) is 153 cm³/mol. The van der Waals surface area contributed by atoms with Crippen LogP contribution in [0, 0.1) is 11.6 Å². The Morgan fingerprint density at radius 2 is 1.57 bits per heavy atom. The fraction of sp³-hybridized carbons (Fsp3) is 0.259. The predicted octanol–water partition coefficient (Wildman–Crippen LogP) is 4.29. The number of hydrogen-bond donors (Lipinski definition) is 1. The van der Waals surface area contributed by atoms with Crippen molar-refractivity contribution in [1.29, 1.82) is 0 Å². The molecule has 0 radical (unpaired) electrons. The van der Waals surface area contributed by atoms with Crippen molar-refractivity contribution in [3.8, 4) is 22.6 Å². The summed E-state index contributed by atoms with van der Waals surface area (Å²) in [5.41, 5.74) is -0.625. The molecule has 1 N–H and O–H groups in total. The summed E-state index contributed by atoms with van der Waals surface area (Å²) in [7, 11) is -7.29. The number of sulfonamides is 2. The summed E-state index contributed by atoms with van der Waals surface area (Å²) in [4.78, 5) is 28.2. The molecule has 4 aromatic rings. The minimum Gasteiger partial charge on any atom is -0.461 e. The Balaban J connectivity index is 2.07. The largest absolute Gasteiger partial charge is 0.461 e. The van der Waals surface area contributed by atoms with E-state index >= 15 is 0 Å². The van der Waals surface area contributed by atoms with Crippen molar-refractivity contribution in [2.75, 3.05) is 21.8 Å². The van der Waals surface area contributed by atoms with Crippen molar-refractivity contribution in [3.63, 3.8) is 0 Å². The monoisotopic (exact) mass is 623 g/mol. The SMILES string of the molecule is CCOC(=O)c1cc2c(-c3cc(N(S(=O)(=O)CC)S(=O)(=O)CC)ccc3Oc3ccc(F)cc3F)cn(C)c(=O)c2[nH]1. The summed E-state index contributed by atoms with van der Waals surface area (Å²) in [6.07, 6.45) is 1.37. The maximum Gasteiger partial charge on any atom is 0.354 e. The van der Waals surface area contributed by atoms with E-state index in [9.17, 15) is 35.2 Å². The van der Waals surface area contributed by atoms with Gasteiger partial charge in [-0.3, -0.25) is 4.79 Å². The van der Waals surface area contributed by atoms with Gasteiger partial charge in [-0.05, 0) is 57.2 Å². The average Bonchev–Trinajstić information content (AvgIpc) is 3.39. The average molecular weight is 624 g/mol. The van der Waals surface area contributed by atoms with Crippen LogP contribution < -0.4 is 14.0 Å². The van der Waals surface area contributed by atoms with Crippen molar-refractivity contribution in [1.82, 2.24) is 9.55 Å². The number of esters is 1. The van der Waals surface area contributed by atoms with Crippen molar-refractivity contribution in [3.05, 3.63) is 76.3 Å². The first-order valence-corrected chi connectivity index (χ1v) is 15.9. The van der Waals surface area contributed by atoms with Gasteiger partial charge in [-0.2, -0.15) is 3.71 Å². The van der Waals surface area contributed by atoms with Gasteiger partial charge in [0.1, 0.15) is 22.8 Å². The van der Waals surface area contributed by atoms with E-state index in [0.717, 1.165) is 12.1 Å². The molecule has 0 bridgehead atoms. The van der Waals surface area contributed by atoms with Crippen LogP contribution in [0.4, 0.5) is 14.5 Å². The second-order valence-corrected chi connectivity index (χ2v) is 13.5. The number of benzene rings is 2. The number of H-pyrrole nitrogens is 1. The van der Waals surface area contributed by atoms with E-state index in [2.05, 4.69) is 4.98 Å². The summed E-state index contributed by atoms with van der Waals surface area (Å²) in [5.74, 6) is -4.17. The molecule has 11 nitrogen and oxygen atoms in total. The number of hydrogen-bond acceptors (Lipinski definition) is 8. The van der Waals surface area contributed by atoms with E-state index in [1.807, 2.05) is 0 Å². The molecular weight excluding hydrogens is 596 g/mol. The number of ether oxygens (including phenoxy) is 2. The molecule has 0 unspecified atom stereocenters. The molecule has 0 amide bonds. The van der Waals surface area contributed by atoms with Crippen LogP contribution in [0.2, 0.25) is 0 Å². The third-order valence-electron chi connectivity index (χ3n) is 6.27. The van der Waals surface area contributed by atoms with Crippen LogP contribution in [0.25, 0.3) is 22.0 Å². The smallest absolute Gasteiger partial charge is 0.354 e. The summed E-state index contributed by atoms with van der Waals surface area (Å²) < 4.78 is 92.4. The lowest BCUT2D eigenvalue weighted by molar-refractivity contribution is 0.0520. The highest BCUT2D eigenvalue weighted by Gasteiger charge is 2.33. The zero-order valence-electron chi connectivity index (χ0n) is 23.0. The number of nitrogens with one attached hydrogen (secondary N) is 1. The molecule has 42 heavy (non-hydrogen) atoms. The topological polar surface area (TPSA) is 145 Å². The third-order valence-corrected chi connectivity index (χ3v) is 10.5. The van der Waals surface area contributed by atoms with E-state index in [-0.39, 0.29) is 51.5 Å². The normalized spacial score (nSPS) is 12.0. The Morgan fingerprint density at radius 3 is 2.17 bits per heavy atom. The summed E-state index contributed by atoms with van der Waals surface area (Å²) in [5, 5.41) is 0.186. The molecule has 0 atom stereocenters. The summed E-state index contributed by atoms with van der Waals surface area (Å²) in [6.45, 7) is 4.25. The summed E-state index contributed by atoms with van der Waals surface area (Å²) >= 11 is 0. The van der Waals surface area contributed by atoms with Gasteiger partial charge in [-0.15, -0.1) is 0 Å². The van der Waals surface area contributed by atoms with E-state index in [1.165, 1.54) is 55.9 Å². The van der Waals surface area contributed by atoms with Crippen molar-refractivity contribution in [2.24, 2.45) is 7.05 Å². The van der Waals surface area contributed by atoms with Gasteiger partial charge in [-0.1, -0.05) is 0 Å². The molecule has 2 aromatic carbocycles. The molecule has 0 aliphatic heterocycles. The Kier molecular flexibility index (Phi) is 8.46. The molecule has 0 aliphatic carbocycles. The number of aromatic amines is 1. The van der Waals surface area contributed by atoms with E-state index in [0.29, 0.717) is 9.78 Å². The number of halogens is 2. The molecule has 2 heterocycles. The lowest BCUT2D eigenvalue weighted by atomic mass is 10.0. The van der Waals surface area contributed by atoms with Gasteiger partial charge in [-0.25, -0.2) is 30.4 Å². The van der Waals surface area contributed by atoms with Crippen molar-refractivity contribution in [2.45, 2.75) is 20.8 Å². The van der Waals surface area contributed by atoms with Crippen LogP contribution in [0.5, 0.6) is 11.5 Å². The summed E-state index contributed by atoms with van der Waals surface area (Å²) in [6, 6.07) is 7.57. The lowest BCUT2D eigenvalue weighted by Gasteiger charge is -2.24. The number of pyridine rings is 1. The Hall–Kier alpha value is -4.24. The van der Waals surface area contributed by atoms with Gasteiger partial charge in [0.15, 0.2) is 11.6 Å². The molecule has 0 spiro atoms. The van der Waals surface area contributed by atoms with Crippen LogP contribution in [-0.2, 0) is 31.8 Å². The number of nitrogens with zero attached hydrogens (tertiary/aromatic N) is 2. The minimum absolute atomic E-state index is 0.0124. The number of aromatic nitrogens is 2. The Labute approximate surface area is 240 Å². The maximum atomic E-state index is 14.6. The van der Waals surface area contributed by atoms with Gasteiger partial charge in [0.2, 0.25) is 20.0 Å². The van der Waals surface area contributed by atoms with E-state index in [1.54, 1.807) is 6.92 Å². The fourth-order valence-electron chi connectivity index (χ4n) is 4.20. The van der Waals surface area contributed by atoms with Gasteiger partial charge in [0, 0.05) is 35.8 Å². The first kappa shape index (κ1) is 30.7. The standard InChI is InChI=1S/C27H27F2N3O8S2/c1-5-39-27(34)22-14-19-20(15-31(4)26(33)25(19)30-22)18-13-17(32(41(35,36)6-2)42(37,38)7-3)9-11-23(18)40-24-10-8-16(28)12-21(24)29/h8-15,30H,5-7H2,1-4H3. The van der Waals surface area contributed by atoms with Crippen LogP contribution in [0.3, 0.4) is 0 Å². The third kappa shape index (κ3) is 5.74. The molecule has 15 heteroatoms. The number of aryl methyl sites for hydroxylation is 1. The highest BCUT2D eigenvalue weighted by molar-refractivity contribution is 8.10. The molecule has 224 valence electrons. The molecule has 0 fully saturated rings. The second kappa shape index (κ2) is 11.6. The number of fused-ring (bicyclic) bond motifs is 1. The van der Waals surface area contributed by atoms with Crippen molar-refractivity contribution < 1.29 is 39.9 Å². The second-order valence-electron chi connectivity index (χ2n) is 9.01. The minimum atomic E-state index is -4.36. The van der Waals surface area contributed by atoms with Crippen molar-refractivity contribution >= 4 is 42.6 Å². The van der Waals surface area contributed by atoms with Crippen LogP contribution >= 0.6 is 0 Å². The lowest BCUT2D eigenvalue weighted by Crippen LogP contribution is -2.39. The first-order chi connectivity index (χ1) is 19.7. The number of carbonyl (C=O) groups is 1. The molecule has 0 aliphatic rings.